The zero-order valence-electron chi connectivity index (χ0n) is 19.5. The number of hydrogen-bond donors (Lipinski definition) is 0. The summed E-state index contributed by atoms with van der Waals surface area (Å²) in [6.45, 7) is 3.41. The Bertz CT molecular complexity index is 1150. The highest BCUT2D eigenvalue weighted by atomic mass is 16.5. The molecule has 4 aromatic carbocycles. The van der Waals surface area contributed by atoms with Crippen molar-refractivity contribution in [2.75, 3.05) is 11.4 Å². The third kappa shape index (κ3) is 6.04. The second-order valence-electron chi connectivity index (χ2n) is 8.12. The number of anilines is 2. The average Bonchev–Trinajstić information content (AvgIpc) is 2.89. The lowest BCUT2D eigenvalue weighted by molar-refractivity contribution is 0.203. The Hall–Kier alpha value is -4.05. The van der Waals surface area contributed by atoms with Gasteiger partial charge in [-0.15, -0.1) is 0 Å². The number of urea groups is 1. The molecule has 0 saturated carbocycles. The van der Waals surface area contributed by atoms with E-state index in [-0.39, 0.29) is 6.03 Å². The van der Waals surface area contributed by atoms with Gasteiger partial charge in [0, 0.05) is 13.1 Å². The number of carbonyl (C=O) groups is 1. The van der Waals surface area contributed by atoms with E-state index in [1.165, 1.54) is 0 Å². The zero-order chi connectivity index (χ0) is 23.6. The summed E-state index contributed by atoms with van der Waals surface area (Å²) in [5, 5.41) is 0. The van der Waals surface area contributed by atoms with Crippen molar-refractivity contribution >= 4 is 17.4 Å². The van der Waals surface area contributed by atoms with Gasteiger partial charge < -0.3 is 9.64 Å². The maximum atomic E-state index is 14.0. The Morgan fingerprint density at radius 1 is 0.676 bits per heavy atom. The summed E-state index contributed by atoms with van der Waals surface area (Å²) >= 11 is 0. The Labute approximate surface area is 202 Å². The highest BCUT2D eigenvalue weighted by Crippen LogP contribution is 2.30. The molecule has 0 aliphatic carbocycles. The van der Waals surface area contributed by atoms with Crippen LogP contribution in [0.15, 0.2) is 115 Å². The monoisotopic (exact) mass is 450 g/mol. The average molecular weight is 451 g/mol. The standard InChI is InChI=1S/C30H30N2O2/c1-2-3-23-31(24-25-13-7-4-8-14-25)30(33)32(26-15-9-5-10-16-26)27-19-21-29(22-20-27)34-28-17-11-6-12-18-28/h4-22H,2-3,23-24H2,1H3. The highest BCUT2D eigenvalue weighted by Gasteiger charge is 2.24. The third-order valence-corrected chi connectivity index (χ3v) is 5.55. The molecule has 0 bridgehead atoms. The van der Waals surface area contributed by atoms with Crippen LogP contribution in [0.4, 0.5) is 16.2 Å². The highest BCUT2D eigenvalue weighted by molar-refractivity contribution is 5.99. The van der Waals surface area contributed by atoms with E-state index in [4.69, 9.17) is 4.74 Å². The van der Waals surface area contributed by atoms with E-state index in [0.717, 1.165) is 41.3 Å². The molecule has 0 spiro atoms. The lowest BCUT2D eigenvalue weighted by Crippen LogP contribution is -2.41. The third-order valence-electron chi connectivity index (χ3n) is 5.55. The fourth-order valence-corrected chi connectivity index (χ4v) is 3.77. The second kappa shape index (κ2) is 11.7. The SMILES string of the molecule is CCCCN(Cc1ccccc1)C(=O)N(c1ccccc1)c1ccc(Oc2ccccc2)cc1. The van der Waals surface area contributed by atoms with Gasteiger partial charge in [-0.25, -0.2) is 4.79 Å². The number of para-hydroxylation sites is 2. The van der Waals surface area contributed by atoms with E-state index < -0.39 is 0 Å². The minimum Gasteiger partial charge on any atom is -0.457 e. The molecule has 0 aliphatic heterocycles. The molecule has 0 unspecified atom stereocenters. The van der Waals surface area contributed by atoms with Gasteiger partial charge in [0.15, 0.2) is 0 Å². The number of nitrogens with zero attached hydrogens (tertiary/aromatic N) is 2. The summed E-state index contributed by atoms with van der Waals surface area (Å²) in [7, 11) is 0. The molecule has 0 aromatic heterocycles. The number of hydrogen-bond acceptors (Lipinski definition) is 2. The lowest BCUT2D eigenvalue weighted by Gasteiger charge is -2.31. The molecule has 0 aliphatic rings. The first kappa shape index (κ1) is 23.1. The van der Waals surface area contributed by atoms with Crippen LogP contribution < -0.4 is 9.64 Å². The molecular weight excluding hydrogens is 420 g/mol. The number of unbranched alkanes of at least 4 members (excludes halogenated alkanes) is 1. The lowest BCUT2D eigenvalue weighted by atomic mass is 10.2. The van der Waals surface area contributed by atoms with Gasteiger partial charge in [0.05, 0.1) is 11.4 Å². The predicted molar refractivity (Wildman–Crippen MR) is 139 cm³/mol. The van der Waals surface area contributed by atoms with E-state index in [0.29, 0.717) is 13.1 Å². The molecule has 4 heteroatoms. The van der Waals surface area contributed by atoms with Crippen LogP contribution in [0.3, 0.4) is 0 Å². The number of ether oxygens (including phenoxy) is 1. The Morgan fingerprint density at radius 3 is 1.82 bits per heavy atom. The number of amides is 2. The van der Waals surface area contributed by atoms with Crippen LogP contribution >= 0.6 is 0 Å². The molecule has 0 N–H and O–H groups in total. The number of rotatable bonds is 9. The summed E-state index contributed by atoms with van der Waals surface area (Å²) in [5.74, 6) is 1.50. The van der Waals surface area contributed by atoms with E-state index in [1.54, 1.807) is 4.90 Å². The number of carbonyl (C=O) groups excluding carboxylic acids is 1. The maximum absolute atomic E-state index is 14.0. The first-order valence-corrected chi connectivity index (χ1v) is 11.8. The largest absolute Gasteiger partial charge is 0.457 e. The second-order valence-corrected chi connectivity index (χ2v) is 8.12. The molecule has 0 fully saturated rings. The fraction of sp³-hybridized carbons (Fsp3) is 0.167. The van der Waals surface area contributed by atoms with Crippen molar-refractivity contribution in [3.05, 3.63) is 121 Å². The molecule has 2 amide bonds. The predicted octanol–water partition coefficient (Wildman–Crippen LogP) is 8.04. The molecule has 0 saturated heterocycles. The topological polar surface area (TPSA) is 32.8 Å². The molecule has 4 nitrogen and oxygen atoms in total. The van der Waals surface area contributed by atoms with Gasteiger partial charge in [0.2, 0.25) is 0 Å². The van der Waals surface area contributed by atoms with Crippen molar-refractivity contribution in [3.8, 4) is 11.5 Å². The molecule has 4 aromatic rings. The van der Waals surface area contributed by atoms with Crippen molar-refractivity contribution in [2.24, 2.45) is 0 Å². The Kier molecular flexibility index (Phi) is 7.96. The van der Waals surface area contributed by atoms with Crippen LogP contribution in [0.2, 0.25) is 0 Å². The maximum Gasteiger partial charge on any atom is 0.329 e. The molecule has 172 valence electrons. The quantitative estimate of drug-likeness (QED) is 0.258. The van der Waals surface area contributed by atoms with E-state index in [9.17, 15) is 4.79 Å². The van der Waals surface area contributed by atoms with Crippen molar-refractivity contribution < 1.29 is 9.53 Å². The smallest absolute Gasteiger partial charge is 0.329 e. The summed E-state index contributed by atoms with van der Waals surface area (Å²) in [6.07, 6.45) is 1.97. The Morgan fingerprint density at radius 2 is 1.21 bits per heavy atom. The van der Waals surface area contributed by atoms with Gasteiger partial charge in [-0.1, -0.05) is 80.1 Å². The van der Waals surface area contributed by atoms with Crippen molar-refractivity contribution in [3.63, 3.8) is 0 Å². The van der Waals surface area contributed by atoms with E-state index in [1.807, 2.05) is 108 Å². The van der Waals surface area contributed by atoms with Crippen molar-refractivity contribution in [2.45, 2.75) is 26.3 Å². The van der Waals surface area contributed by atoms with Gasteiger partial charge in [-0.3, -0.25) is 4.90 Å². The van der Waals surface area contributed by atoms with E-state index >= 15 is 0 Å². The van der Waals surface area contributed by atoms with Crippen LogP contribution in [-0.4, -0.2) is 17.5 Å². The summed E-state index contributed by atoms with van der Waals surface area (Å²) in [5.41, 5.74) is 2.75. The van der Waals surface area contributed by atoms with Crippen molar-refractivity contribution in [1.29, 1.82) is 0 Å². The minimum absolute atomic E-state index is 0.0415. The first-order chi connectivity index (χ1) is 16.7. The van der Waals surface area contributed by atoms with Gasteiger partial charge in [0.1, 0.15) is 11.5 Å². The van der Waals surface area contributed by atoms with Crippen LogP contribution in [-0.2, 0) is 6.54 Å². The van der Waals surface area contributed by atoms with Gasteiger partial charge in [0.25, 0.3) is 0 Å². The summed E-state index contributed by atoms with van der Waals surface area (Å²) < 4.78 is 5.94. The zero-order valence-corrected chi connectivity index (χ0v) is 19.5. The number of benzene rings is 4. The summed E-state index contributed by atoms with van der Waals surface area (Å²) in [4.78, 5) is 17.7. The first-order valence-electron chi connectivity index (χ1n) is 11.8. The van der Waals surface area contributed by atoms with E-state index in [2.05, 4.69) is 19.1 Å². The molecule has 0 heterocycles. The van der Waals surface area contributed by atoms with Crippen LogP contribution in [0.1, 0.15) is 25.3 Å². The molecule has 0 atom stereocenters. The Balaban J connectivity index is 1.62. The molecular formula is C30H30N2O2. The van der Waals surface area contributed by atoms with Gasteiger partial charge in [-0.05, 0) is 60.5 Å². The van der Waals surface area contributed by atoms with Gasteiger partial charge >= 0.3 is 6.03 Å². The van der Waals surface area contributed by atoms with Crippen LogP contribution in [0, 0.1) is 0 Å². The molecule has 34 heavy (non-hydrogen) atoms. The normalized spacial score (nSPS) is 10.5. The van der Waals surface area contributed by atoms with Crippen LogP contribution in [0.25, 0.3) is 0 Å². The minimum atomic E-state index is -0.0415. The summed E-state index contributed by atoms with van der Waals surface area (Å²) in [6, 6.07) is 37.3. The van der Waals surface area contributed by atoms with Crippen molar-refractivity contribution in [1.82, 2.24) is 4.90 Å². The molecule has 0 radical (unpaired) electrons. The van der Waals surface area contributed by atoms with Gasteiger partial charge in [-0.2, -0.15) is 0 Å². The fourth-order valence-electron chi connectivity index (χ4n) is 3.77. The molecule has 4 rings (SSSR count). The van der Waals surface area contributed by atoms with Crippen LogP contribution in [0.5, 0.6) is 11.5 Å².